The molecule has 11 rings (SSSR count). The number of aromatic nitrogens is 2. The number of nitrogens with zero attached hydrogens (tertiary/aromatic N) is 2. The van der Waals surface area contributed by atoms with E-state index in [0.29, 0.717) is 0 Å². The van der Waals surface area contributed by atoms with Crippen LogP contribution in [0.15, 0.2) is 170 Å². The predicted molar refractivity (Wildman–Crippen MR) is 194 cm³/mol. The maximum absolute atomic E-state index is 2.49. The van der Waals surface area contributed by atoms with E-state index in [4.69, 9.17) is 0 Å². The highest BCUT2D eigenvalue weighted by atomic mass is 15.0. The molecule has 2 aromatic heterocycles. The molecule has 0 saturated carbocycles. The molecule has 0 atom stereocenters. The molecule has 1 spiro atoms. The Hall–Kier alpha value is -6.12. The summed E-state index contributed by atoms with van der Waals surface area (Å²) in [5.41, 5.74) is 16.4. The van der Waals surface area contributed by atoms with E-state index in [0.717, 1.165) is 0 Å². The lowest BCUT2D eigenvalue weighted by molar-refractivity contribution is 0.792. The van der Waals surface area contributed by atoms with Crippen molar-refractivity contribution in [2.75, 3.05) is 0 Å². The van der Waals surface area contributed by atoms with Gasteiger partial charge in [0, 0.05) is 33.7 Å². The van der Waals surface area contributed by atoms with E-state index < -0.39 is 0 Å². The summed E-state index contributed by atoms with van der Waals surface area (Å²) < 4.78 is 4.78. The first kappa shape index (κ1) is 25.1. The van der Waals surface area contributed by atoms with Gasteiger partial charge in [-0.3, -0.25) is 0 Å². The second-order valence-electron chi connectivity index (χ2n) is 12.9. The Labute approximate surface area is 272 Å². The van der Waals surface area contributed by atoms with Crippen LogP contribution in [0.4, 0.5) is 0 Å². The van der Waals surface area contributed by atoms with Crippen LogP contribution in [-0.4, -0.2) is 9.13 Å². The molecule has 0 aliphatic heterocycles. The van der Waals surface area contributed by atoms with Crippen molar-refractivity contribution in [2.24, 2.45) is 0 Å². The van der Waals surface area contributed by atoms with Crippen molar-refractivity contribution < 1.29 is 0 Å². The zero-order chi connectivity index (χ0) is 30.7. The van der Waals surface area contributed by atoms with Crippen LogP contribution in [0.25, 0.3) is 66.3 Å². The Kier molecular flexibility index (Phi) is 4.80. The van der Waals surface area contributed by atoms with Gasteiger partial charge in [0.2, 0.25) is 0 Å². The van der Waals surface area contributed by atoms with Gasteiger partial charge in [-0.1, -0.05) is 115 Å². The van der Waals surface area contributed by atoms with Gasteiger partial charge in [-0.05, 0) is 93.0 Å². The lowest BCUT2D eigenvalue weighted by atomic mass is 9.70. The number of hydrogen-bond donors (Lipinski definition) is 0. The molecule has 0 fully saturated rings. The molecule has 2 aliphatic carbocycles. The van der Waals surface area contributed by atoms with Gasteiger partial charge < -0.3 is 9.13 Å². The molecule has 47 heavy (non-hydrogen) atoms. The van der Waals surface area contributed by atoms with Crippen molar-refractivity contribution in [1.82, 2.24) is 9.13 Å². The van der Waals surface area contributed by atoms with E-state index in [1.54, 1.807) is 0 Å². The smallest absolute Gasteiger partial charge is 0.0726 e. The molecule has 0 unspecified atom stereocenters. The SMILES string of the molecule is c1ccc(-n2ccc3cc4c(cc32)c2ccccc2n4-c2ccc3c(c2)C2(c4ccccc4-c4ccccc42)c2ccccc2-3)cc1. The second kappa shape index (κ2) is 8.99. The zero-order valence-corrected chi connectivity index (χ0v) is 25.6. The minimum atomic E-state index is -0.367. The van der Waals surface area contributed by atoms with Crippen molar-refractivity contribution in [3.05, 3.63) is 192 Å². The largest absolute Gasteiger partial charge is 0.317 e. The highest BCUT2D eigenvalue weighted by Crippen LogP contribution is 2.62. The van der Waals surface area contributed by atoms with Gasteiger partial charge in [0.05, 0.1) is 22.0 Å². The lowest BCUT2D eigenvalue weighted by Crippen LogP contribution is -2.26. The van der Waals surface area contributed by atoms with Crippen molar-refractivity contribution >= 4 is 32.7 Å². The van der Waals surface area contributed by atoms with Crippen molar-refractivity contribution in [3.63, 3.8) is 0 Å². The number of benzene rings is 7. The van der Waals surface area contributed by atoms with Gasteiger partial charge in [-0.15, -0.1) is 0 Å². The molecule has 2 nitrogen and oxygen atoms in total. The van der Waals surface area contributed by atoms with E-state index in [1.165, 1.54) is 88.6 Å². The Morgan fingerprint density at radius 1 is 0.362 bits per heavy atom. The number of fused-ring (bicyclic) bond motifs is 14. The molecule has 2 heterocycles. The summed E-state index contributed by atoms with van der Waals surface area (Å²) in [6, 6.07) is 60.8. The fraction of sp³-hybridized carbons (Fsp3) is 0.0222. The predicted octanol–water partition coefficient (Wildman–Crippen LogP) is 11.1. The first-order valence-electron chi connectivity index (χ1n) is 16.4. The molecule has 2 heteroatoms. The van der Waals surface area contributed by atoms with E-state index in [-0.39, 0.29) is 5.41 Å². The summed E-state index contributed by atoms with van der Waals surface area (Å²) in [7, 11) is 0. The molecule has 0 N–H and O–H groups in total. The summed E-state index contributed by atoms with van der Waals surface area (Å²) in [6.07, 6.45) is 2.19. The third-order valence-corrected chi connectivity index (χ3v) is 10.8. The average molecular weight is 597 g/mol. The Balaban J connectivity index is 1.22. The lowest BCUT2D eigenvalue weighted by Gasteiger charge is -2.30. The molecule has 7 aromatic carbocycles. The first-order chi connectivity index (χ1) is 23.3. The monoisotopic (exact) mass is 596 g/mol. The molecular weight excluding hydrogens is 569 g/mol. The molecule has 0 amide bonds. The fourth-order valence-electron chi connectivity index (χ4n) is 8.91. The van der Waals surface area contributed by atoms with Crippen molar-refractivity contribution in [3.8, 4) is 33.6 Å². The Morgan fingerprint density at radius 2 is 0.957 bits per heavy atom. The van der Waals surface area contributed by atoms with Gasteiger partial charge in [0.1, 0.15) is 0 Å². The Bertz CT molecular complexity index is 2680. The van der Waals surface area contributed by atoms with Gasteiger partial charge >= 0.3 is 0 Å². The normalized spacial score (nSPS) is 13.7. The molecule has 0 radical (unpaired) electrons. The van der Waals surface area contributed by atoms with Crippen LogP contribution >= 0.6 is 0 Å². The topological polar surface area (TPSA) is 9.86 Å². The first-order valence-corrected chi connectivity index (χ1v) is 16.4. The molecule has 2 aliphatic rings. The number of hydrogen-bond acceptors (Lipinski definition) is 0. The standard InChI is InChI=1S/C45H28N2/c1-2-12-30(13-3-1)46-25-24-29-26-44-37(28-43(29)46)36-17-7-11-21-42(36)47(44)31-22-23-35-34-16-6-10-20-40(34)45(41(35)27-31)38-18-8-4-14-32(38)33-15-5-9-19-39(33)45/h1-28H. The molecule has 9 aromatic rings. The van der Waals surface area contributed by atoms with Gasteiger partial charge in [-0.25, -0.2) is 0 Å². The third-order valence-electron chi connectivity index (χ3n) is 10.8. The van der Waals surface area contributed by atoms with Gasteiger partial charge in [0.15, 0.2) is 0 Å². The van der Waals surface area contributed by atoms with Crippen molar-refractivity contribution in [2.45, 2.75) is 5.41 Å². The number of para-hydroxylation sites is 2. The molecule has 0 bridgehead atoms. The fourth-order valence-corrected chi connectivity index (χ4v) is 8.91. The van der Waals surface area contributed by atoms with E-state index in [2.05, 4.69) is 179 Å². The van der Waals surface area contributed by atoms with Crippen LogP contribution in [-0.2, 0) is 5.41 Å². The van der Waals surface area contributed by atoms with Gasteiger partial charge in [0.25, 0.3) is 0 Å². The van der Waals surface area contributed by atoms with Crippen molar-refractivity contribution in [1.29, 1.82) is 0 Å². The van der Waals surface area contributed by atoms with Crippen LogP contribution in [0.3, 0.4) is 0 Å². The van der Waals surface area contributed by atoms with Crippen LogP contribution < -0.4 is 0 Å². The third kappa shape index (κ3) is 3.10. The maximum atomic E-state index is 2.49. The average Bonchev–Trinajstić information content (AvgIpc) is 3.86. The molecule has 0 saturated heterocycles. The summed E-state index contributed by atoms with van der Waals surface area (Å²) >= 11 is 0. The van der Waals surface area contributed by atoms with Crippen LogP contribution in [0, 0.1) is 0 Å². The van der Waals surface area contributed by atoms with E-state index in [1.807, 2.05) is 0 Å². The number of rotatable bonds is 2. The van der Waals surface area contributed by atoms with Crippen LogP contribution in [0.5, 0.6) is 0 Å². The Morgan fingerprint density at radius 3 is 1.66 bits per heavy atom. The minimum Gasteiger partial charge on any atom is -0.317 e. The summed E-state index contributed by atoms with van der Waals surface area (Å²) in [5.74, 6) is 0. The highest BCUT2D eigenvalue weighted by molar-refractivity contribution is 6.13. The second-order valence-corrected chi connectivity index (χ2v) is 12.9. The maximum Gasteiger partial charge on any atom is 0.0726 e. The summed E-state index contributed by atoms with van der Waals surface area (Å²) in [4.78, 5) is 0. The summed E-state index contributed by atoms with van der Waals surface area (Å²) in [6.45, 7) is 0. The minimum absolute atomic E-state index is 0.367. The molecular formula is C45H28N2. The highest BCUT2D eigenvalue weighted by Gasteiger charge is 2.51. The van der Waals surface area contributed by atoms with Crippen LogP contribution in [0.2, 0.25) is 0 Å². The van der Waals surface area contributed by atoms with E-state index >= 15 is 0 Å². The van der Waals surface area contributed by atoms with Crippen LogP contribution in [0.1, 0.15) is 22.3 Å². The zero-order valence-electron chi connectivity index (χ0n) is 25.6. The summed E-state index contributed by atoms with van der Waals surface area (Å²) in [5, 5.41) is 3.76. The van der Waals surface area contributed by atoms with E-state index in [9.17, 15) is 0 Å². The quantitative estimate of drug-likeness (QED) is 0.188. The van der Waals surface area contributed by atoms with Gasteiger partial charge in [-0.2, -0.15) is 0 Å². The molecule has 218 valence electrons.